The molecule has 2 nitrogen and oxygen atoms in total. The Kier molecular flexibility index (Phi) is 6.17. The quantitative estimate of drug-likeness (QED) is 0.199. The molecule has 0 atom stereocenters. The van der Waals surface area contributed by atoms with Gasteiger partial charge in [0.05, 0.1) is 11.4 Å². The Morgan fingerprint density at radius 2 is 0.935 bits per heavy atom. The maximum Gasteiger partial charge on any atom is 0.159 e. The first kappa shape index (κ1) is 26.3. The summed E-state index contributed by atoms with van der Waals surface area (Å²) in [6, 6.07) is 62.7. The summed E-state index contributed by atoms with van der Waals surface area (Å²) in [5, 5.41) is 7.12. The molecule has 0 saturated carbocycles. The van der Waals surface area contributed by atoms with Gasteiger partial charge in [-0.15, -0.1) is 0 Å². The van der Waals surface area contributed by atoms with Gasteiger partial charge in [0, 0.05) is 21.8 Å². The zero-order chi connectivity index (χ0) is 30.5. The number of fused-ring (bicyclic) bond motifs is 5. The van der Waals surface area contributed by atoms with Gasteiger partial charge in [-0.2, -0.15) is 0 Å². The Labute approximate surface area is 267 Å². The molecule has 216 valence electrons. The molecule has 2 heteroatoms. The van der Waals surface area contributed by atoms with Gasteiger partial charge in [0.25, 0.3) is 0 Å². The Morgan fingerprint density at radius 3 is 1.80 bits per heavy atom. The van der Waals surface area contributed by atoms with Crippen LogP contribution in [0.15, 0.2) is 180 Å². The summed E-state index contributed by atoms with van der Waals surface area (Å²) in [5.41, 5.74) is 9.72. The van der Waals surface area contributed by atoms with Crippen LogP contribution in [0.2, 0.25) is 0 Å². The third kappa shape index (κ3) is 4.35. The van der Waals surface area contributed by atoms with Crippen molar-refractivity contribution in [3.8, 4) is 22.3 Å². The minimum Gasteiger partial charge on any atom is -0.454 e. The number of anilines is 3. The Balaban J connectivity index is 1.24. The molecule has 0 aliphatic heterocycles. The molecule has 0 bridgehead atoms. The number of hydrogen-bond acceptors (Lipinski definition) is 2. The highest BCUT2D eigenvalue weighted by atomic mass is 16.3. The van der Waals surface area contributed by atoms with E-state index in [4.69, 9.17) is 4.42 Å². The van der Waals surface area contributed by atoms with E-state index in [1.54, 1.807) is 0 Å². The first-order chi connectivity index (χ1) is 22.8. The molecule has 1 aromatic heterocycles. The van der Waals surface area contributed by atoms with Crippen LogP contribution in [0.4, 0.5) is 17.1 Å². The lowest BCUT2D eigenvalue weighted by molar-refractivity contribution is 0.669. The molecule has 9 rings (SSSR count). The highest BCUT2D eigenvalue weighted by Gasteiger charge is 2.21. The van der Waals surface area contributed by atoms with E-state index in [2.05, 4.69) is 169 Å². The summed E-state index contributed by atoms with van der Waals surface area (Å²) in [4.78, 5) is 2.35. The number of rotatable bonds is 5. The van der Waals surface area contributed by atoms with E-state index in [1.165, 1.54) is 38.2 Å². The Bertz CT molecular complexity index is 2550. The number of hydrogen-bond donors (Lipinski definition) is 0. The summed E-state index contributed by atoms with van der Waals surface area (Å²) in [6.07, 6.45) is 0. The van der Waals surface area contributed by atoms with E-state index in [9.17, 15) is 0 Å². The van der Waals surface area contributed by atoms with Gasteiger partial charge in [-0.1, -0.05) is 140 Å². The third-order valence-electron chi connectivity index (χ3n) is 9.03. The summed E-state index contributed by atoms with van der Waals surface area (Å²) in [6.45, 7) is 0. The fourth-order valence-corrected chi connectivity index (χ4v) is 6.89. The predicted octanol–water partition coefficient (Wildman–Crippen LogP) is 12.7. The van der Waals surface area contributed by atoms with Crippen LogP contribution in [0.1, 0.15) is 0 Å². The highest BCUT2D eigenvalue weighted by molar-refractivity contribution is 6.11. The van der Waals surface area contributed by atoms with Crippen molar-refractivity contribution in [3.63, 3.8) is 0 Å². The smallest absolute Gasteiger partial charge is 0.159 e. The molecule has 46 heavy (non-hydrogen) atoms. The van der Waals surface area contributed by atoms with Crippen molar-refractivity contribution < 1.29 is 4.42 Å². The summed E-state index contributed by atoms with van der Waals surface area (Å²) < 4.78 is 6.59. The molecule has 0 N–H and O–H groups in total. The summed E-state index contributed by atoms with van der Waals surface area (Å²) >= 11 is 0. The number of benzene rings is 8. The van der Waals surface area contributed by atoms with Crippen molar-refractivity contribution in [2.45, 2.75) is 0 Å². The van der Waals surface area contributed by atoms with Crippen molar-refractivity contribution in [2.75, 3.05) is 4.90 Å². The highest BCUT2D eigenvalue weighted by Crippen LogP contribution is 2.45. The molecule has 1 heterocycles. The first-order valence-corrected chi connectivity index (χ1v) is 15.7. The number of furan rings is 1. The topological polar surface area (TPSA) is 16.4 Å². The third-order valence-corrected chi connectivity index (χ3v) is 9.03. The fraction of sp³-hybridized carbons (Fsp3) is 0. The molecule has 0 aliphatic carbocycles. The fourth-order valence-electron chi connectivity index (χ4n) is 6.89. The maximum atomic E-state index is 6.59. The standard InChI is InChI=1S/C44H29NO/c1-3-20-36-30(12-1)14-9-23-37(36)34-18-7-16-32(28-34)33-17-8-19-35(29-33)45(41-25-10-15-31-13-2-4-21-38(31)41)42-26-11-24-40-39-22-5-6-27-43(39)46-44(40)42/h1-29H. The largest absolute Gasteiger partial charge is 0.454 e. The molecule has 8 aromatic carbocycles. The van der Waals surface area contributed by atoms with Gasteiger partial charge in [-0.3, -0.25) is 0 Å². The second-order valence-corrected chi connectivity index (χ2v) is 11.7. The van der Waals surface area contributed by atoms with Crippen molar-refractivity contribution in [1.82, 2.24) is 0 Å². The van der Waals surface area contributed by atoms with E-state index in [-0.39, 0.29) is 0 Å². The summed E-state index contributed by atoms with van der Waals surface area (Å²) in [7, 11) is 0. The molecule has 9 aromatic rings. The Morgan fingerprint density at radius 1 is 0.370 bits per heavy atom. The minimum absolute atomic E-state index is 0.875. The molecule has 0 fully saturated rings. The van der Waals surface area contributed by atoms with E-state index in [0.717, 1.165) is 44.6 Å². The predicted molar refractivity (Wildman–Crippen MR) is 194 cm³/mol. The maximum absolute atomic E-state index is 6.59. The van der Waals surface area contributed by atoms with Crippen LogP contribution in [-0.2, 0) is 0 Å². The van der Waals surface area contributed by atoms with E-state index < -0.39 is 0 Å². The first-order valence-electron chi connectivity index (χ1n) is 15.7. The molecule has 0 unspecified atom stereocenters. The Hall–Kier alpha value is -6.12. The zero-order valence-electron chi connectivity index (χ0n) is 25.1. The van der Waals surface area contributed by atoms with Crippen molar-refractivity contribution >= 4 is 60.5 Å². The van der Waals surface area contributed by atoms with Crippen LogP contribution in [0, 0.1) is 0 Å². The van der Waals surface area contributed by atoms with Crippen LogP contribution >= 0.6 is 0 Å². The van der Waals surface area contributed by atoms with E-state index in [0.29, 0.717) is 0 Å². The van der Waals surface area contributed by atoms with E-state index >= 15 is 0 Å². The molecule has 0 spiro atoms. The van der Waals surface area contributed by atoms with Crippen LogP contribution < -0.4 is 4.90 Å². The van der Waals surface area contributed by atoms with Crippen molar-refractivity contribution in [1.29, 1.82) is 0 Å². The van der Waals surface area contributed by atoms with Gasteiger partial charge in [0.2, 0.25) is 0 Å². The van der Waals surface area contributed by atoms with Gasteiger partial charge >= 0.3 is 0 Å². The van der Waals surface area contributed by atoms with Crippen LogP contribution in [0.5, 0.6) is 0 Å². The van der Waals surface area contributed by atoms with Crippen molar-refractivity contribution in [3.05, 3.63) is 176 Å². The second-order valence-electron chi connectivity index (χ2n) is 11.7. The van der Waals surface area contributed by atoms with Gasteiger partial charge < -0.3 is 9.32 Å². The van der Waals surface area contributed by atoms with Gasteiger partial charge in [0.1, 0.15) is 5.58 Å². The van der Waals surface area contributed by atoms with Crippen molar-refractivity contribution in [2.24, 2.45) is 0 Å². The van der Waals surface area contributed by atoms with E-state index in [1.807, 2.05) is 12.1 Å². The molecule has 0 aliphatic rings. The van der Waals surface area contributed by atoms with Gasteiger partial charge in [-0.25, -0.2) is 0 Å². The number of para-hydroxylation sites is 2. The molecule has 0 saturated heterocycles. The SMILES string of the molecule is c1cc(-c2cccc(N(c3cccc4ccccc34)c3cccc4c3oc3ccccc34)c2)cc(-c2cccc3ccccc23)c1. The molecular weight excluding hydrogens is 558 g/mol. The number of nitrogens with zero attached hydrogens (tertiary/aromatic N) is 1. The normalized spacial score (nSPS) is 11.5. The van der Waals surface area contributed by atoms with Crippen LogP contribution in [-0.4, -0.2) is 0 Å². The average Bonchev–Trinajstić information content (AvgIpc) is 3.51. The lowest BCUT2D eigenvalue weighted by atomic mass is 9.95. The van der Waals surface area contributed by atoms with Gasteiger partial charge in [0.15, 0.2) is 5.58 Å². The zero-order valence-corrected chi connectivity index (χ0v) is 25.1. The molecular formula is C44H29NO. The van der Waals surface area contributed by atoms with Crippen LogP contribution in [0.3, 0.4) is 0 Å². The van der Waals surface area contributed by atoms with Gasteiger partial charge in [-0.05, 0) is 74.8 Å². The van der Waals surface area contributed by atoms with Crippen LogP contribution in [0.25, 0.3) is 65.7 Å². The monoisotopic (exact) mass is 587 g/mol. The molecule has 0 radical (unpaired) electrons. The second kappa shape index (κ2) is 10.8. The lowest BCUT2D eigenvalue weighted by Crippen LogP contribution is -2.11. The molecule has 0 amide bonds. The average molecular weight is 588 g/mol. The lowest BCUT2D eigenvalue weighted by Gasteiger charge is -2.27. The minimum atomic E-state index is 0.875. The summed E-state index contributed by atoms with van der Waals surface area (Å²) in [5.74, 6) is 0.